The number of fused-ring (bicyclic) bond motifs is 1. The topological polar surface area (TPSA) is 58.6 Å². The highest BCUT2D eigenvalue weighted by atomic mass is 32.2. The smallest absolute Gasteiger partial charge is 0.265 e. The van der Waals surface area contributed by atoms with Gasteiger partial charge in [0, 0.05) is 23.6 Å². The van der Waals surface area contributed by atoms with Crippen molar-refractivity contribution in [3.05, 3.63) is 100.0 Å². The minimum Gasteiger partial charge on any atom is -0.376 e. The normalized spacial score (nSPS) is 18.5. The van der Waals surface area contributed by atoms with E-state index >= 15 is 0 Å². The fourth-order valence-electron chi connectivity index (χ4n) is 4.29. The lowest BCUT2D eigenvalue weighted by Crippen LogP contribution is -2.33. The highest BCUT2D eigenvalue weighted by Gasteiger charge is 2.29. The van der Waals surface area contributed by atoms with E-state index < -0.39 is 0 Å². The third-order valence-corrected chi connectivity index (χ3v) is 7.36. The number of anilines is 1. The van der Waals surface area contributed by atoms with Crippen LogP contribution in [0.5, 0.6) is 0 Å². The van der Waals surface area contributed by atoms with Gasteiger partial charge in [0.15, 0.2) is 0 Å². The van der Waals surface area contributed by atoms with Gasteiger partial charge in [-0.2, -0.15) is 0 Å². The Bertz CT molecular complexity index is 1250. The summed E-state index contributed by atoms with van der Waals surface area (Å²) in [6.45, 7) is 3.87. The van der Waals surface area contributed by atoms with Gasteiger partial charge < -0.3 is 15.0 Å². The van der Waals surface area contributed by atoms with Crippen LogP contribution in [-0.4, -0.2) is 31.1 Å². The first-order valence-electron chi connectivity index (χ1n) is 11.9. The third-order valence-electron chi connectivity index (χ3n) is 6.28. The van der Waals surface area contributed by atoms with Gasteiger partial charge >= 0.3 is 0 Å². The van der Waals surface area contributed by atoms with Crippen molar-refractivity contribution < 1.29 is 14.3 Å². The van der Waals surface area contributed by atoms with E-state index in [0.29, 0.717) is 23.6 Å². The van der Waals surface area contributed by atoms with Gasteiger partial charge in [-0.15, -0.1) is 0 Å². The summed E-state index contributed by atoms with van der Waals surface area (Å²) in [4.78, 5) is 29.5. The van der Waals surface area contributed by atoms with Gasteiger partial charge in [-0.1, -0.05) is 65.9 Å². The van der Waals surface area contributed by atoms with E-state index in [1.165, 1.54) is 17.3 Å². The van der Waals surface area contributed by atoms with E-state index in [-0.39, 0.29) is 17.9 Å². The molecule has 2 aliphatic heterocycles. The number of rotatable bonds is 6. The van der Waals surface area contributed by atoms with Gasteiger partial charge in [0.25, 0.3) is 11.8 Å². The molecule has 3 aromatic rings. The van der Waals surface area contributed by atoms with Crippen LogP contribution in [0, 0.1) is 6.92 Å². The predicted molar refractivity (Wildman–Crippen MR) is 140 cm³/mol. The van der Waals surface area contributed by atoms with Crippen LogP contribution >= 0.6 is 11.8 Å². The molecule has 2 aliphatic rings. The van der Waals surface area contributed by atoms with Crippen LogP contribution in [0.2, 0.25) is 0 Å². The van der Waals surface area contributed by atoms with Crippen molar-refractivity contribution in [2.75, 3.05) is 18.1 Å². The van der Waals surface area contributed by atoms with Gasteiger partial charge in [0.2, 0.25) is 0 Å². The molecule has 1 fully saturated rings. The maximum Gasteiger partial charge on any atom is 0.265 e. The number of hydrogen-bond acceptors (Lipinski definition) is 4. The van der Waals surface area contributed by atoms with Crippen molar-refractivity contribution in [2.24, 2.45) is 0 Å². The minimum absolute atomic E-state index is 0.0207. The zero-order valence-electron chi connectivity index (χ0n) is 19.7. The summed E-state index contributed by atoms with van der Waals surface area (Å²) in [5, 5.41) is 2.95. The summed E-state index contributed by atoms with van der Waals surface area (Å²) in [5.74, 6) is -0.131. The van der Waals surface area contributed by atoms with Crippen LogP contribution in [0.4, 0.5) is 5.69 Å². The summed E-state index contributed by atoms with van der Waals surface area (Å²) < 4.78 is 5.57. The molecule has 0 radical (unpaired) electrons. The first-order valence-corrected chi connectivity index (χ1v) is 12.7. The van der Waals surface area contributed by atoms with E-state index in [4.69, 9.17) is 4.74 Å². The maximum atomic E-state index is 13.5. The molecule has 1 N–H and O–H groups in total. The molecule has 1 saturated heterocycles. The Balaban J connectivity index is 1.33. The fraction of sp³-hybridized carbons (Fsp3) is 0.241. The van der Waals surface area contributed by atoms with Gasteiger partial charge in [-0.25, -0.2) is 0 Å². The molecule has 0 saturated carbocycles. The molecule has 2 amide bonds. The van der Waals surface area contributed by atoms with E-state index in [0.717, 1.165) is 41.2 Å². The van der Waals surface area contributed by atoms with Gasteiger partial charge in [-0.3, -0.25) is 9.59 Å². The van der Waals surface area contributed by atoms with Crippen LogP contribution < -0.4 is 10.2 Å². The second kappa shape index (κ2) is 10.5. The number of nitrogens with zero attached hydrogens (tertiary/aromatic N) is 1. The third kappa shape index (κ3) is 5.50. The van der Waals surface area contributed by atoms with Crippen LogP contribution in [0.15, 0.2) is 82.6 Å². The maximum absolute atomic E-state index is 13.5. The molecule has 5 nitrogen and oxygen atoms in total. The van der Waals surface area contributed by atoms with E-state index in [9.17, 15) is 9.59 Å². The fourth-order valence-corrected chi connectivity index (χ4v) is 5.35. The summed E-state index contributed by atoms with van der Waals surface area (Å²) in [7, 11) is 0. The summed E-state index contributed by atoms with van der Waals surface area (Å²) in [6, 6.07) is 23.6. The average molecular weight is 485 g/mol. The highest BCUT2D eigenvalue weighted by Crippen LogP contribution is 2.42. The quantitative estimate of drug-likeness (QED) is 0.464. The molecule has 0 aromatic heterocycles. The molecule has 0 spiro atoms. The molecule has 0 aliphatic carbocycles. The second-order valence-electron chi connectivity index (χ2n) is 8.92. The number of aryl methyl sites for hydroxylation is 1. The highest BCUT2D eigenvalue weighted by molar-refractivity contribution is 8.04. The first kappa shape index (κ1) is 23.4. The summed E-state index contributed by atoms with van der Waals surface area (Å²) in [5.41, 5.74) is 4.69. The molecule has 5 rings (SSSR count). The average Bonchev–Trinajstić information content (AvgIpc) is 3.40. The molecule has 1 atom stereocenters. The number of nitrogens with one attached hydrogen (secondary N) is 1. The van der Waals surface area contributed by atoms with Crippen LogP contribution in [-0.2, 0) is 16.1 Å². The Kier molecular flexibility index (Phi) is 7.02. The Hall–Kier alpha value is -3.35. The second-order valence-corrected chi connectivity index (χ2v) is 10.0. The van der Waals surface area contributed by atoms with Crippen LogP contribution in [0.1, 0.15) is 39.9 Å². The zero-order chi connectivity index (χ0) is 24.2. The number of carbonyl (C=O) groups excluding carboxylic acids is 2. The van der Waals surface area contributed by atoms with Crippen LogP contribution in [0.25, 0.3) is 6.08 Å². The molecule has 6 heteroatoms. The first-order chi connectivity index (χ1) is 17.1. The zero-order valence-corrected chi connectivity index (χ0v) is 20.5. The molecule has 0 unspecified atom stereocenters. The Morgan fingerprint density at radius 1 is 1.09 bits per heavy atom. The Morgan fingerprint density at radius 2 is 1.86 bits per heavy atom. The summed E-state index contributed by atoms with van der Waals surface area (Å²) >= 11 is 1.49. The molecule has 0 bridgehead atoms. The summed E-state index contributed by atoms with van der Waals surface area (Å²) in [6.07, 6.45) is 4.05. The SMILES string of the molecule is Cc1ccc(CN2C(=O)/C(=C\c3ccc(C(=O)NC[C@@H]4CCCO4)cc3)Sc3ccccc32)cc1. The minimum atomic E-state index is -0.110. The number of ether oxygens (including phenoxy) is 1. The molecule has 2 heterocycles. The largest absolute Gasteiger partial charge is 0.376 e. The number of hydrogen-bond donors (Lipinski definition) is 1. The molecule has 178 valence electrons. The lowest BCUT2D eigenvalue weighted by molar-refractivity contribution is -0.114. The number of carbonyl (C=O) groups is 2. The van der Waals surface area contributed by atoms with Crippen molar-refractivity contribution >= 4 is 35.3 Å². The van der Waals surface area contributed by atoms with E-state index in [2.05, 4.69) is 36.5 Å². The Morgan fingerprint density at radius 3 is 2.60 bits per heavy atom. The van der Waals surface area contributed by atoms with Crippen molar-refractivity contribution in [1.82, 2.24) is 5.32 Å². The molecule has 3 aromatic carbocycles. The predicted octanol–water partition coefficient (Wildman–Crippen LogP) is 5.58. The lowest BCUT2D eigenvalue weighted by atomic mass is 10.1. The molecule has 35 heavy (non-hydrogen) atoms. The van der Waals surface area contributed by atoms with Crippen molar-refractivity contribution in [3.63, 3.8) is 0 Å². The number of thioether (sulfide) groups is 1. The molecular weight excluding hydrogens is 456 g/mol. The lowest BCUT2D eigenvalue weighted by Gasteiger charge is -2.30. The number of amides is 2. The van der Waals surface area contributed by atoms with Crippen molar-refractivity contribution in [1.29, 1.82) is 0 Å². The molecular formula is C29H28N2O3S. The number of para-hydroxylation sites is 1. The van der Waals surface area contributed by atoms with Crippen LogP contribution in [0.3, 0.4) is 0 Å². The van der Waals surface area contributed by atoms with Crippen molar-refractivity contribution in [3.8, 4) is 0 Å². The standard InChI is InChI=1S/C29H28N2O3S/c1-20-8-10-22(11-9-20)19-31-25-6-2-3-7-26(25)35-27(29(31)33)17-21-12-14-23(15-13-21)28(32)30-18-24-5-4-16-34-24/h2-3,6-15,17,24H,4-5,16,18-19H2,1H3,(H,30,32)/b27-17+/t24-/m0/s1. The number of benzene rings is 3. The van der Waals surface area contributed by atoms with Gasteiger partial charge in [0.05, 0.1) is 23.2 Å². The van der Waals surface area contributed by atoms with Crippen molar-refractivity contribution in [2.45, 2.75) is 37.3 Å². The van der Waals surface area contributed by atoms with Gasteiger partial charge in [0.1, 0.15) is 0 Å². The van der Waals surface area contributed by atoms with E-state index in [1.807, 2.05) is 47.4 Å². The monoisotopic (exact) mass is 484 g/mol. The Labute approximate surface area is 210 Å². The van der Waals surface area contributed by atoms with Gasteiger partial charge in [-0.05, 0) is 61.2 Å². The van der Waals surface area contributed by atoms with E-state index in [1.54, 1.807) is 12.1 Å².